The molecule has 5 amide bonds. The molecule has 0 saturated carbocycles. The van der Waals surface area contributed by atoms with Gasteiger partial charge in [-0.2, -0.15) is 0 Å². The molecular formula is C39H54N10O8. The number of hydrogen-bond acceptors (Lipinski definition) is 9. The minimum atomic E-state index is -1.26. The Morgan fingerprint density at radius 1 is 0.930 bits per heavy atom. The Morgan fingerprint density at radius 3 is 2.33 bits per heavy atom. The third-order valence-corrected chi connectivity index (χ3v) is 9.62. The number of aromatic nitrogens is 1. The molecule has 4 rings (SSSR count). The molecule has 1 saturated heterocycles. The van der Waals surface area contributed by atoms with Crippen molar-refractivity contribution in [1.29, 1.82) is 0 Å². The zero-order chi connectivity index (χ0) is 41.6. The number of aliphatic carboxylic acids is 1. The smallest absolute Gasteiger partial charge is 0.326 e. The highest BCUT2D eigenvalue weighted by Crippen LogP contribution is 2.22. The number of rotatable bonds is 20. The molecule has 308 valence electrons. The standard InChI is InChI=1S/C39H54N10O8/c1-22(2)17-30(48-34(52)27(40)19-24-20-44-28-8-4-3-7-26(24)28)35(53)45-21-33(51)46-31(18-23-11-13-25(50)14-12-23)37(55)49-16-6-10-32(49)36(54)47-29(38(56)57)9-5-15-43-39(41)42/h3-4,7-8,11-14,20,22,27,29-32,44,50H,5-6,9-10,15-19,21,40H2,1-2H3,(H,45,53)(H,46,51)(H,47,54)(H,48,52)(H,56,57)(H4,41,42,43)/t27-,29-,30-,31-,32-/m0/s1. The van der Waals surface area contributed by atoms with Crippen molar-refractivity contribution in [2.45, 2.75) is 89.0 Å². The predicted molar refractivity (Wildman–Crippen MR) is 212 cm³/mol. The van der Waals surface area contributed by atoms with E-state index in [4.69, 9.17) is 17.2 Å². The van der Waals surface area contributed by atoms with E-state index in [2.05, 4.69) is 31.2 Å². The number of nitrogens with two attached hydrogens (primary N) is 3. The van der Waals surface area contributed by atoms with E-state index in [0.29, 0.717) is 12.0 Å². The number of aromatic amines is 1. The van der Waals surface area contributed by atoms with E-state index >= 15 is 0 Å². The molecule has 0 aliphatic carbocycles. The Hall–Kier alpha value is -6.17. The average Bonchev–Trinajstić information content (AvgIpc) is 3.82. The summed E-state index contributed by atoms with van der Waals surface area (Å²) in [5.74, 6) is -4.51. The fraction of sp³-hybridized carbons (Fsp3) is 0.462. The number of nitrogens with zero attached hydrogens (tertiary/aromatic N) is 2. The van der Waals surface area contributed by atoms with Crippen molar-refractivity contribution in [2.24, 2.45) is 28.1 Å². The van der Waals surface area contributed by atoms with Gasteiger partial charge in [0.1, 0.15) is 29.9 Å². The maximum Gasteiger partial charge on any atom is 0.326 e. The second-order valence-corrected chi connectivity index (χ2v) is 14.6. The first-order chi connectivity index (χ1) is 27.1. The van der Waals surface area contributed by atoms with Crippen LogP contribution in [0.4, 0.5) is 0 Å². The minimum Gasteiger partial charge on any atom is -0.508 e. The quantitative estimate of drug-likeness (QED) is 0.0404. The number of carboxylic acid groups (broad SMARTS) is 1. The summed E-state index contributed by atoms with van der Waals surface area (Å²) in [6, 6.07) is 8.24. The van der Waals surface area contributed by atoms with Crippen molar-refractivity contribution in [2.75, 3.05) is 19.6 Å². The number of carbonyl (C=O) groups excluding carboxylic acids is 5. The Labute approximate surface area is 330 Å². The number of aromatic hydroxyl groups is 1. The van der Waals surface area contributed by atoms with Gasteiger partial charge in [0.2, 0.25) is 29.5 Å². The zero-order valence-corrected chi connectivity index (χ0v) is 32.2. The second-order valence-electron chi connectivity index (χ2n) is 14.6. The van der Waals surface area contributed by atoms with Gasteiger partial charge in [-0.25, -0.2) is 4.79 Å². The summed E-state index contributed by atoms with van der Waals surface area (Å²) in [7, 11) is 0. The molecule has 5 atom stereocenters. The van der Waals surface area contributed by atoms with Crippen LogP contribution in [0.15, 0.2) is 59.7 Å². The minimum absolute atomic E-state index is 0.00194. The number of benzene rings is 2. The number of H-pyrrole nitrogens is 1. The topological polar surface area (TPSA) is 300 Å². The first kappa shape index (κ1) is 43.6. The van der Waals surface area contributed by atoms with E-state index in [-0.39, 0.29) is 69.2 Å². The number of aliphatic imine (C=N–C) groups is 1. The van der Waals surface area contributed by atoms with Crippen molar-refractivity contribution in [3.05, 3.63) is 65.9 Å². The summed E-state index contributed by atoms with van der Waals surface area (Å²) >= 11 is 0. The largest absolute Gasteiger partial charge is 0.508 e. The van der Waals surface area contributed by atoms with Gasteiger partial charge in [0.05, 0.1) is 12.6 Å². The number of carbonyl (C=O) groups is 6. The van der Waals surface area contributed by atoms with Gasteiger partial charge in [0.15, 0.2) is 5.96 Å². The molecule has 13 N–H and O–H groups in total. The number of fused-ring (bicyclic) bond motifs is 1. The van der Waals surface area contributed by atoms with Gasteiger partial charge in [-0.15, -0.1) is 0 Å². The maximum absolute atomic E-state index is 14.1. The Morgan fingerprint density at radius 2 is 1.65 bits per heavy atom. The highest BCUT2D eigenvalue weighted by atomic mass is 16.4. The molecular weight excluding hydrogens is 736 g/mol. The third-order valence-electron chi connectivity index (χ3n) is 9.62. The summed E-state index contributed by atoms with van der Waals surface area (Å²) in [5.41, 5.74) is 19.3. The molecule has 0 unspecified atom stereocenters. The van der Waals surface area contributed by atoms with Crippen molar-refractivity contribution in [3.8, 4) is 5.75 Å². The average molecular weight is 791 g/mol. The highest BCUT2D eigenvalue weighted by Gasteiger charge is 2.39. The normalized spacial score (nSPS) is 15.9. The van der Waals surface area contributed by atoms with Gasteiger partial charge >= 0.3 is 5.97 Å². The number of likely N-dealkylation sites (tertiary alicyclic amines) is 1. The van der Waals surface area contributed by atoms with Crippen molar-refractivity contribution in [1.82, 2.24) is 31.2 Å². The lowest BCUT2D eigenvalue weighted by Crippen LogP contribution is -2.57. The summed E-state index contributed by atoms with van der Waals surface area (Å²) in [4.78, 5) is 87.7. The van der Waals surface area contributed by atoms with Crippen LogP contribution >= 0.6 is 0 Å². The first-order valence-corrected chi connectivity index (χ1v) is 19.0. The van der Waals surface area contributed by atoms with Crippen molar-refractivity contribution >= 4 is 52.4 Å². The van der Waals surface area contributed by atoms with Crippen LogP contribution in [0, 0.1) is 5.92 Å². The third kappa shape index (κ3) is 12.9. The Balaban J connectivity index is 1.40. The van der Waals surface area contributed by atoms with Gasteiger partial charge in [-0.3, -0.25) is 29.0 Å². The van der Waals surface area contributed by atoms with Crippen LogP contribution in [0.5, 0.6) is 5.75 Å². The molecule has 2 aromatic carbocycles. The molecule has 3 aromatic rings. The lowest BCUT2D eigenvalue weighted by Gasteiger charge is -2.29. The van der Waals surface area contributed by atoms with E-state index in [9.17, 15) is 39.0 Å². The van der Waals surface area contributed by atoms with E-state index in [1.807, 2.05) is 38.1 Å². The molecule has 1 fully saturated rings. The molecule has 0 spiro atoms. The number of amides is 5. The number of nitrogens with one attached hydrogen (secondary N) is 5. The van der Waals surface area contributed by atoms with E-state index < -0.39 is 72.3 Å². The molecule has 1 aliphatic rings. The molecule has 1 aromatic heterocycles. The Bertz CT molecular complexity index is 1910. The van der Waals surface area contributed by atoms with Crippen molar-refractivity contribution in [3.63, 3.8) is 0 Å². The number of hydrogen-bond donors (Lipinski definition) is 10. The van der Waals surface area contributed by atoms with Crippen LogP contribution in [0.3, 0.4) is 0 Å². The summed E-state index contributed by atoms with van der Waals surface area (Å²) in [5, 5.41) is 30.9. The molecule has 1 aliphatic heterocycles. The van der Waals surface area contributed by atoms with Gasteiger partial charge in [-0.1, -0.05) is 44.2 Å². The van der Waals surface area contributed by atoms with Crippen LogP contribution in [0.2, 0.25) is 0 Å². The second kappa shape index (κ2) is 20.7. The molecule has 0 bridgehead atoms. The van der Waals surface area contributed by atoms with Crippen LogP contribution in [-0.2, 0) is 41.6 Å². The highest BCUT2D eigenvalue weighted by molar-refractivity contribution is 5.96. The first-order valence-electron chi connectivity index (χ1n) is 19.0. The molecule has 18 nitrogen and oxygen atoms in total. The van der Waals surface area contributed by atoms with Gasteiger partial charge < -0.3 is 58.6 Å². The lowest BCUT2D eigenvalue weighted by molar-refractivity contribution is -0.145. The Kier molecular flexibility index (Phi) is 15.8. The van der Waals surface area contributed by atoms with Gasteiger partial charge in [0, 0.05) is 36.6 Å². The lowest BCUT2D eigenvalue weighted by atomic mass is 10.0. The molecule has 18 heteroatoms. The van der Waals surface area contributed by atoms with Gasteiger partial charge in [-0.05, 0) is 73.8 Å². The zero-order valence-electron chi connectivity index (χ0n) is 32.2. The number of phenols is 1. The number of phenolic OH excluding ortho intramolecular Hbond substituents is 1. The van der Waals surface area contributed by atoms with Crippen LogP contribution in [-0.4, -0.2) is 111 Å². The van der Waals surface area contributed by atoms with Gasteiger partial charge in [0.25, 0.3) is 0 Å². The fourth-order valence-corrected chi connectivity index (χ4v) is 6.75. The number of guanidine groups is 1. The monoisotopic (exact) mass is 790 g/mol. The van der Waals surface area contributed by atoms with Crippen LogP contribution in [0.1, 0.15) is 57.1 Å². The van der Waals surface area contributed by atoms with E-state index in [0.717, 1.165) is 16.5 Å². The molecule has 0 radical (unpaired) electrons. The van der Waals surface area contributed by atoms with E-state index in [1.54, 1.807) is 18.3 Å². The maximum atomic E-state index is 14.1. The number of para-hydroxylation sites is 1. The molecule has 57 heavy (non-hydrogen) atoms. The summed E-state index contributed by atoms with van der Waals surface area (Å²) in [6.07, 6.45) is 3.31. The van der Waals surface area contributed by atoms with Crippen LogP contribution in [0.25, 0.3) is 10.9 Å². The summed E-state index contributed by atoms with van der Waals surface area (Å²) in [6.45, 7) is 3.58. The van der Waals surface area contributed by atoms with Crippen LogP contribution < -0.4 is 38.5 Å². The predicted octanol–water partition coefficient (Wildman–Crippen LogP) is -0.268. The molecule has 2 heterocycles. The fourth-order valence-electron chi connectivity index (χ4n) is 6.75. The SMILES string of the molecule is CC(C)C[C@H](NC(=O)[C@@H](N)Cc1c[nH]c2ccccc12)C(=O)NCC(=O)N[C@@H](Cc1ccc(O)cc1)C(=O)N1CCC[C@H]1C(=O)N[C@@H](CCCN=C(N)N)C(=O)O. The van der Waals surface area contributed by atoms with E-state index in [1.165, 1.54) is 17.0 Å². The summed E-state index contributed by atoms with van der Waals surface area (Å²) < 4.78 is 0. The van der Waals surface area contributed by atoms with Crippen molar-refractivity contribution < 1.29 is 39.0 Å². The number of carboxylic acids is 1.